The Morgan fingerprint density at radius 1 is 1.24 bits per heavy atom. The molecular weight excluding hydrogens is 373 g/mol. The maximum Gasteiger partial charge on any atom is 0.262 e. The molecule has 7 nitrogen and oxygen atoms in total. The van der Waals surface area contributed by atoms with Gasteiger partial charge in [-0.15, -0.1) is 0 Å². The number of hydrazone groups is 1. The molecule has 3 aliphatic rings. The lowest BCUT2D eigenvalue weighted by molar-refractivity contribution is -0.122. The second-order valence-electron chi connectivity index (χ2n) is 7.66. The molecule has 1 fully saturated rings. The number of rotatable bonds is 3. The van der Waals surface area contributed by atoms with Crippen LogP contribution in [0.3, 0.4) is 0 Å². The summed E-state index contributed by atoms with van der Waals surface area (Å²) in [6.07, 6.45) is 0. The Hall–Kier alpha value is -3.13. The predicted octanol–water partition coefficient (Wildman–Crippen LogP) is 2.22. The van der Waals surface area contributed by atoms with E-state index in [2.05, 4.69) is 21.2 Å². The molecule has 3 N–H and O–H groups in total. The monoisotopic (exact) mass is 395 g/mol. The molecule has 3 aliphatic heterocycles. The SMILES string of the molecule is Cc1ccc(F)cc1-c1cc2c(cc1NC1CNC1)N1C(=NNC(=O)C1C)CO2. The minimum atomic E-state index is -0.398. The number of nitrogens with zero attached hydrogens (tertiary/aromatic N) is 2. The van der Waals surface area contributed by atoms with Gasteiger partial charge in [-0.1, -0.05) is 6.07 Å². The number of ether oxygens (including phenoxy) is 1. The van der Waals surface area contributed by atoms with Crippen LogP contribution in [0.4, 0.5) is 15.8 Å². The van der Waals surface area contributed by atoms with Gasteiger partial charge in [-0.2, -0.15) is 5.10 Å². The molecule has 1 unspecified atom stereocenters. The van der Waals surface area contributed by atoms with E-state index in [1.54, 1.807) is 12.1 Å². The number of benzene rings is 2. The molecule has 3 heterocycles. The van der Waals surface area contributed by atoms with E-state index < -0.39 is 6.04 Å². The molecular formula is C21H22FN5O2. The topological polar surface area (TPSA) is 78.0 Å². The summed E-state index contributed by atoms with van der Waals surface area (Å²) in [7, 11) is 0. The summed E-state index contributed by atoms with van der Waals surface area (Å²) in [5.41, 5.74) is 6.87. The quantitative estimate of drug-likeness (QED) is 0.743. The number of aryl methyl sites for hydroxylation is 1. The smallest absolute Gasteiger partial charge is 0.262 e. The van der Waals surface area contributed by atoms with Crippen molar-refractivity contribution < 1.29 is 13.9 Å². The number of anilines is 2. The molecule has 1 amide bonds. The van der Waals surface area contributed by atoms with Gasteiger partial charge < -0.3 is 20.3 Å². The van der Waals surface area contributed by atoms with E-state index in [0.717, 1.165) is 41.2 Å². The van der Waals surface area contributed by atoms with Crippen LogP contribution in [-0.2, 0) is 4.79 Å². The molecule has 0 bridgehead atoms. The first kappa shape index (κ1) is 17.9. The molecule has 2 aromatic rings. The highest BCUT2D eigenvalue weighted by Gasteiger charge is 2.36. The van der Waals surface area contributed by atoms with Gasteiger partial charge in [0.05, 0.1) is 11.7 Å². The Bertz CT molecular complexity index is 1030. The Kier molecular flexibility index (Phi) is 4.16. The van der Waals surface area contributed by atoms with E-state index in [9.17, 15) is 9.18 Å². The average Bonchev–Trinajstić information content (AvgIpc) is 2.68. The van der Waals surface area contributed by atoms with E-state index in [1.807, 2.05) is 30.9 Å². The second-order valence-corrected chi connectivity index (χ2v) is 7.66. The van der Waals surface area contributed by atoms with Crippen LogP contribution in [0.2, 0.25) is 0 Å². The van der Waals surface area contributed by atoms with Crippen molar-refractivity contribution in [2.45, 2.75) is 25.9 Å². The maximum absolute atomic E-state index is 14.0. The lowest BCUT2D eigenvalue weighted by atomic mass is 9.96. The van der Waals surface area contributed by atoms with E-state index in [-0.39, 0.29) is 18.3 Å². The molecule has 150 valence electrons. The molecule has 0 radical (unpaired) electrons. The fourth-order valence-electron chi connectivity index (χ4n) is 3.91. The highest BCUT2D eigenvalue weighted by molar-refractivity contribution is 6.10. The summed E-state index contributed by atoms with van der Waals surface area (Å²) in [5.74, 6) is 0.873. The molecule has 5 rings (SSSR count). The Labute approximate surface area is 167 Å². The fraction of sp³-hybridized carbons (Fsp3) is 0.333. The van der Waals surface area contributed by atoms with Crippen molar-refractivity contribution in [1.29, 1.82) is 0 Å². The van der Waals surface area contributed by atoms with Gasteiger partial charge in [0.15, 0.2) is 5.84 Å². The zero-order valence-electron chi connectivity index (χ0n) is 16.3. The van der Waals surface area contributed by atoms with Gasteiger partial charge in [0.2, 0.25) is 0 Å². The van der Waals surface area contributed by atoms with E-state index in [0.29, 0.717) is 17.6 Å². The van der Waals surface area contributed by atoms with Crippen LogP contribution in [0.5, 0.6) is 5.75 Å². The molecule has 1 atom stereocenters. The van der Waals surface area contributed by atoms with Crippen LogP contribution >= 0.6 is 0 Å². The van der Waals surface area contributed by atoms with Crippen molar-refractivity contribution in [3.05, 3.63) is 41.7 Å². The third kappa shape index (κ3) is 3.00. The third-order valence-electron chi connectivity index (χ3n) is 5.69. The second kappa shape index (κ2) is 6.73. The third-order valence-corrected chi connectivity index (χ3v) is 5.69. The minimum Gasteiger partial charge on any atom is -0.483 e. The minimum absolute atomic E-state index is 0.163. The van der Waals surface area contributed by atoms with Gasteiger partial charge in [-0.25, -0.2) is 9.82 Å². The summed E-state index contributed by atoms with van der Waals surface area (Å²) in [6.45, 7) is 5.80. The van der Waals surface area contributed by atoms with Gasteiger partial charge in [0, 0.05) is 24.3 Å². The zero-order chi connectivity index (χ0) is 20.1. The van der Waals surface area contributed by atoms with Crippen molar-refractivity contribution in [2.75, 3.05) is 29.9 Å². The first-order chi connectivity index (χ1) is 14.0. The highest BCUT2D eigenvalue weighted by Crippen LogP contribution is 2.43. The van der Waals surface area contributed by atoms with Crippen LogP contribution in [0, 0.1) is 12.7 Å². The first-order valence-corrected chi connectivity index (χ1v) is 9.71. The molecule has 0 aliphatic carbocycles. The number of nitrogens with one attached hydrogen (secondary N) is 3. The van der Waals surface area contributed by atoms with Crippen LogP contribution in [0.25, 0.3) is 11.1 Å². The number of amides is 1. The normalized spacial score (nSPS) is 20.7. The molecule has 29 heavy (non-hydrogen) atoms. The maximum atomic E-state index is 14.0. The van der Waals surface area contributed by atoms with Crippen LogP contribution in [0.1, 0.15) is 12.5 Å². The number of amidine groups is 1. The van der Waals surface area contributed by atoms with Crippen LogP contribution in [0.15, 0.2) is 35.4 Å². The van der Waals surface area contributed by atoms with Gasteiger partial charge >= 0.3 is 0 Å². The highest BCUT2D eigenvalue weighted by atomic mass is 19.1. The molecule has 0 aromatic heterocycles. The lowest BCUT2D eigenvalue weighted by Crippen LogP contribution is -2.55. The Morgan fingerprint density at radius 3 is 2.83 bits per heavy atom. The van der Waals surface area contributed by atoms with Crippen molar-refractivity contribution >= 4 is 23.1 Å². The summed E-state index contributed by atoms with van der Waals surface area (Å²) >= 11 is 0. The van der Waals surface area contributed by atoms with E-state index in [1.165, 1.54) is 6.07 Å². The Balaban J connectivity index is 1.67. The summed E-state index contributed by atoms with van der Waals surface area (Å²) in [6, 6.07) is 8.60. The zero-order valence-corrected chi connectivity index (χ0v) is 16.3. The molecule has 1 saturated heterocycles. The van der Waals surface area contributed by atoms with E-state index in [4.69, 9.17) is 4.74 Å². The van der Waals surface area contributed by atoms with E-state index >= 15 is 0 Å². The number of fused-ring (bicyclic) bond motifs is 3. The average molecular weight is 395 g/mol. The molecule has 0 saturated carbocycles. The largest absolute Gasteiger partial charge is 0.483 e. The molecule has 2 aromatic carbocycles. The summed E-state index contributed by atoms with van der Waals surface area (Å²) in [4.78, 5) is 14.1. The van der Waals surface area contributed by atoms with Gasteiger partial charge in [0.25, 0.3) is 5.91 Å². The van der Waals surface area contributed by atoms with Crippen molar-refractivity contribution in [1.82, 2.24) is 10.7 Å². The van der Waals surface area contributed by atoms with Crippen molar-refractivity contribution in [3.8, 4) is 16.9 Å². The number of hydrogen-bond donors (Lipinski definition) is 3. The van der Waals surface area contributed by atoms with Crippen LogP contribution in [-0.4, -0.2) is 43.5 Å². The number of carbonyl (C=O) groups is 1. The Morgan fingerprint density at radius 2 is 2.07 bits per heavy atom. The standard InChI is InChI=1S/C21H22FN5O2/c1-11-3-4-13(22)5-15(11)16-6-19-18(7-17(16)24-14-8-23-9-14)27-12(2)21(28)26-25-20(27)10-29-19/h3-7,12,14,23-24H,8-10H2,1-2H3,(H,26,28). The van der Waals surface area contributed by atoms with Gasteiger partial charge in [0.1, 0.15) is 24.2 Å². The summed E-state index contributed by atoms with van der Waals surface area (Å²) in [5, 5.41) is 11.0. The first-order valence-electron chi connectivity index (χ1n) is 9.71. The molecule has 8 heteroatoms. The summed E-state index contributed by atoms with van der Waals surface area (Å²) < 4.78 is 20.0. The van der Waals surface area contributed by atoms with Crippen LogP contribution < -0.4 is 25.7 Å². The fourth-order valence-corrected chi connectivity index (χ4v) is 3.91. The van der Waals surface area contributed by atoms with Crippen molar-refractivity contribution in [3.63, 3.8) is 0 Å². The number of halogens is 1. The number of carbonyl (C=O) groups excluding carboxylic acids is 1. The number of hydrogen-bond acceptors (Lipinski definition) is 6. The predicted molar refractivity (Wildman–Crippen MR) is 110 cm³/mol. The molecule has 0 spiro atoms. The lowest BCUT2D eigenvalue weighted by Gasteiger charge is -2.39. The van der Waals surface area contributed by atoms with Crippen molar-refractivity contribution in [2.24, 2.45) is 5.10 Å². The van der Waals surface area contributed by atoms with Gasteiger partial charge in [-0.3, -0.25) is 4.79 Å². The van der Waals surface area contributed by atoms with Gasteiger partial charge in [-0.05, 0) is 49.2 Å².